The van der Waals surface area contributed by atoms with E-state index in [2.05, 4.69) is 23.0 Å². The van der Waals surface area contributed by atoms with Gasteiger partial charge in [-0.25, -0.2) is 0 Å². The number of carbonyl (C=O) groups excluding carboxylic acids is 1. The SMILES string of the molecule is CCn1cc(-c2ccccc2[C@@H]2CN(C(=O)C#CC3(N)CCCC3)Cc3sc(C#N)cc32)c(C(F)(F)F)n1. The van der Waals surface area contributed by atoms with Crippen LogP contribution in [-0.2, 0) is 24.1 Å². The summed E-state index contributed by atoms with van der Waals surface area (Å²) in [7, 11) is 0. The number of hydrogen-bond donors (Lipinski definition) is 1. The van der Waals surface area contributed by atoms with Gasteiger partial charge in [0.15, 0.2) is 5.69 Å². The number of hydrogen-bond acceptors (Lipinski definition) is 5. The second-order valence-electron chi connectivity index (χ2n) is 9.78. The third-order valence-electron chi connectivity index (χ3n) is 7.25. The Bertz CT molecular complexity index is 1480. The molecule has 1 atom stereocenters. The highest BCUT2D eigenvalue weighted by molar-refractivity contribution is 7.12. The van der Waals surface area contributed by atoms with E-state index < -0.39 is 23.3 Å². The number of nitrogens with two attached hydrogens (primary N) is 1. The summed E-state index contributed by atoms with van der Waals surface area (Å²) in [5, 5.41) is 13.3. The Morgan fingerprint density at radius 3 is 2.66 bits per heavy atom. The molecule has 2 aliphatic rings. The number of aryl methyl sites for hydroxylation is 1. The average molecular weight is 538 g/mol. The smallest absolute Gasteiger partial charge is 0.326 e. The van der Waals surface area contributed by atoms with Gasteiger partial charge in [-0.05, 0) is 48.4 Å². The summed E-state index contributed by atoms with van der Waals surface area (Å²) in [6.07, 6.45) is 0.231. The van der Waals surface area contributed by atoms with Crippen LogP contribution in [0, 0.1) is 23.2 Å². The zero-order chi connectivity index (χ0) is 27.1. The molecule has 0 radical (unpaired) electrons. The summed E-state index contributed by atoms with van der Waals surface area (Å²) in [6, 6.07) is 10.8. The number of aromatic nitrogens is 2. The fraction of sp³-hybridized carbons (Fsp3) is 0.393. The zero-order valence-corrected chi connectivity index (χ0v) is 21.6. The van der Waals surface area contributed by atoms with Gasteiger partial charge in [-0.1, -0.05) is 43.0 Å². The summed E-state index contributed by atoms with van der Waals surface area (Å²) in [5.74, 6) is 4.89. The van der Waals surface area contributed by atoms with Crippen LogP contribution in [0.15, 0.2) is 36.5 Å². The van der Waals surface area contributed by atoms with Crippen molar-refractivity contribution in [3.8, 4) is 29.0 Å². The van der Waals surface area contributed by atoms with Gasteiger partial charge in [0, 0.05) is 35.6 Å². The third kappa shape index (κ3) is 4.94. The summed E-state index contributed by atoms with van der Waals surface area (Å²) >= 11 is 1.29. The van der Waals surface area contributed by atoms with Gasteiger partial charge in [-0.3, -0.25) is 9.48 Å². The van der Waals surface area contributed by atoms with E-state index in [9.17, 15) is 23.2 Å². The number of rotatable bonds is 3. The van der Waals surface area contributed by atoms with Crippen molar-refractivity contribution in [1.29, 1.82) is 5.26 Å². The predicted octanol–water partition coefficient (Wildman–Crippen LogP) is 5.27. The normalized spacial score (nSPS) is 18.4. The molecular weight excluding hydrogens is 511 g/mol. The standard InChI is InChI=1S/C28H26F3N5OS/c1-2-36-16-23(26(34-36)28(29,30)31)20-8-4-3-7-19(20)22-15-35(17-24-21(22)13-18(14-32)38-24)25(37)9-12-27(33)10-5-6-11-27/h3-4,7-8,13,16,22H,2,5-6,10-11,15,17,33H2,1H3/t22-/m0/s1. The molecule has 3 heterocycles. The van der Waals surface area contributed by atoms with Gasteiger partial charge in [0.05, 0.1) is 12.1 Å². The maximum absolute atomic E-state index is 14.0. The number of nitriles is 1. The van der Waals surface area contributed by atoms with Crippen LogP contribution in [-0.4, -0.2) is 32.7 Å². The Morgan fingerprint density at radius 1 is 1.24 bits per heavy atom. The van der Waals surface area contributed by atoms with E-state index in [4.69, 9.17) is 5.73 Å². The van der Waals surface area contributed by atoms with Gasteiger partial charge in [-0.15, -0.1) is 11.3 Å². The molecule has 1 aliphatic carbocycles. The molecule has 3 aromatic rings. The monoisotopic (exact) mass is 537 g/mol. The molecule has 10 heteroatoms. The van der Waals surface area contributed by atoms with Crippen LogP contribution in [0.3, 0.4) is 0 Å². The maximum atomic E-state index is 14.0. The largest absolute Gasteiger partial charge is 0.435 e. The van der Waals surface area contributed by atoms with Gasteiger partial charge in [0.25, 0.3) is 5.91 Å². The lowest BCUT2D eigenvalue weighted by atomic mass is 9.83. The van der Waals surface area contributed by atoms with E-state index in [1.807, 2.05) is 0 Å². The number of carbonyl (C=O) groups is 1. The first-order valence-corrected chi connectivity index (χ1v) is 13.3. The lowest BCUT2D eigenvalue weighted by Crippen LogP contribution is -2.38. The van der Waals surface area contributed by atoms with E-state index in [0.29, 0.717) is 22.5 Å². The molecule has 196 valence electrons. The Labute approximate surface area is 222 Å². The number of thiophene rings is 1. The van der Waals surface area contributed by atoms with Crippen LogP contribution in [0.4, 0.5) is 13.2 Å². The minimum Gasteiger partial charge on any atom is -0.326 e. The Morgan fingerprint density at radius 2 is 1.97 bits per heavy atom. The summed E-state index contributed by atoms with van der Waals surface area (Å²) in [5.41, 5.74) is 6.58. The Balaban J connectivity index is 1.58. The van der Waals surface area contributed by atoms with Crippen molar-refractivity contribution in [2.45, 2.75) is 63.3 Å². The highest BCUT2D eigenvalue weighted by Crippen LogP contribution is 2.44. The maximum Gasteiger partial charge on any atom is 0.435 e. The number of halogens is 3. The first kappa shape index (κ1) is 26.0. The van der Waals surface area contributed by atoms with Crippen LogP contribution in [0.1, 0.15) is 65.1 Å². The van der Waals surface area contributed by atoms with Crippen molar-refractivity contribution in [1.82, 2.24) is 14.7 Å². The lowest BCUT2D eigenvalue weighted by Gasteiger charge is -2.33. The van der Waals surface area contributed by atoms with E-state index in [0.717, 1.165) is 36.1 Å². The van der Waals surface area contributed by atoms with Crippen molar-refractivity contribution >= 4 is 17.2 Å². The minimum absolute atomic E-state index is 0.0122. The van der Waals surface area contributed by atoms with Crippen LogP contribution in [0.5, 0.6) is 0 Å². The number of alkyl halides is 3. The molecule has 38 heavy (non-hydrogen) atoms. The molecule has 0 unspecified atom stereocenters. The van der Waals surface area contributed by atoms with Crippen molar-refractivity contribution in [2.24, 2.45) is 5.73 Å². The molecule has 0 saturated heterocycles. The van der Waals surface area contributed by atoms with Crippen molar-refractivity contribution in [3.63, 3.8) is 0 Å². The third-order valence-corrected chi connectivity index (χ3v) is 8.29. The van der Waals surface area contributed by atoms with Crippen LogP contribution in [0.2, 0.25) is 0 Å². The second-order valence-corrected chi connectivity index (χ2v) is 10.9. The molecular formula is C28H26F3N5OS. The molecule has 5 rings (SSSR count). The minimum atomic E-state index is -4.63. The van der Waals surface area contributed by atoms with Gasteiger partial charge < -0.3 is 10.6 Å². The van der Waals surface area contributed by atoms with E-state index in [-0.39, 0.29) is 24.6 Å². The highest BCUT2D eigenvalue weighted by atomic mass is 32.1. The molecule has 0 bridgehead atoms. The summed E-state index contributed by atoms with van der Waals surface area (Å²) < 4.78 is 43.2. The topological polar surface area (TPSA) is 87.9 Å². The summed E-state index contributed by atoms with van der Waals surface area (Å²) in [6.45, 7) is 2.53. The highest BCUT2D eigenvalue weighted by Gasteiger charge is 2.39. The van der Waals surface area contributed by atoms with Gasteiger partial charge in [0.1, 0.15) is 10.9 Å². The number of fused-ring (bicyclic) bond motifs is 1. The predicted molar refractivity (Wildman–Crippen MR) is 138 cm³/mol. The molecule has 2 aromatic heterocycles. The number of benzene rings is 1. The first-order valence-electron chi connectivity index (χ1n) is 12.5. The molecule has 0 spiro atoms. The van der Waals surface area contributed by atoms with Gasteiger partial charge in [0.2, 0.25) is 0 Å². The van der Waals surface area contributed by atoms with Gasteiger partial charge in [-0.2, -0.15) is 23.5 Å². The fourth-order valence-corrected chi connectivity index (χ4v) is 6.35. The quantitative estimate of drug-likeness (QED) is 0.461. The average Bonchev–Trinajstić information content (AvgIpc) is 3.64. The first-order chi connectivity index (χ1) is 18.1. The van der Waals surface area contributed by atoms with E-state index >= 15 is 0 Å². The Hall–Kier alpha value is -3.60. The molecule has 6 nitrogen and oxygen atoms in total. The molecule has 2 N–H and O–H groups in total. The van der Waals surface area contributed by atoms with Crippen molar-refractivity contribution in [2.75, 3.05) is 6.54 Å². The number of amides is 1. The molecule has 1 fully saturated rings. The molecule has 1 aromatic carbocycles. The van der Waals surface area contributed by atoms with E-state index in [1.165, 1.54) is 22.2 Å². The summed E-state index contributed by atoms with van der Waals surface area (Å²) in [4.78, 5) is 16.1. The van der Waals surface area contributed by atoms with E-state index in [1.54, 1.807) is 42.2 Å². The van der Waals surface area contributed by atoms with Crippen LogP contribution in [0.25, 0.3) is 11.1 Å². The molecule has 1 aliphatic heterocycles. The number of nitrogens with zero attached hydrogens (tertiary/aromatic N) is 4. The zero-order valence-electron chi connectivity index (χ0n) is 20.8. The van der Waals surface area contributed by atoms with Crippen LogP contribution >= 0.6 is 11.3 Å². The fourth-order valence-electron chi connectivity index (χ4n) is 5.32. The van der Waals surface area contributed by atoms with Crippen molar-refractivity contribution in [3.05, 3.63) is 63.1 Å². The lowest BCUT2D eigenvalue weighted by molar-refractivity contribution is -0.141. The second kappa shape index (κ2) is 9.94. The van der Waals surface area contributed by atoms with Gasteiger partial charge >= 0.3 is 6.18 Å². The molecule has 1 saturated carbocycles. The molecule has 1 amide bonds. The van der Waals surface area contributed by atoms with Crippen molar-refractivity contribution < 1.29 is 18.0 Å². The Kier molecular flexibility index (Phi) is 6.81. The van der Waals surface area contributed by atoms with Crippen LogP contribution < -0.4 is 5.73 Å².